The molecule has 0 aliphatic carbocycles. The lowest BCUT2D eigenvalue weighted by Gasteiger charge is -2.33. The zero-order chi connectivity index (χ0) is 33.3. The molecule has 45 heavy (non-hydrogen) atoms. The van der Waals surface area contributed by atoms with Crippen molar-refractivity contribution in [3.8, 4) is 11.5 Å². The highest BCUT2D eigenvalue weighted by molar-refractivity contribution is 5.83. The minimum atomic E-state index is -1.33. The summed E-state index contributed by atoms with van der Waals surface area (Å²) in [6, 6.07) is 4.36. The minimum Gasteiger partial charge on any atom is -0.504 e. The Labute approximate surface area is 268 Å². The predicted octanol–water partition coefficient (Wildman–Crippen LogP) is 6.86. The number of nitrogens with one attached hydrogen (secondary N) is 1. The van der Waals surface area contributed by atoms with Gasteiger partial charge in [0.1, 0.15) is 5.60 Å². The molecule has 9 nitrogen and oxygen atoms in total. The Morgan fingerprint density at radius 1 is 0.844 bits per heavy atom. The molecule has 1 aromatic carbocycles. The fraction of sp³-hybridized carbons (Fsp3) is 0.472. The van der Waals surface area contributed by atoms with Gasteiger partial charge in [-0.15, -0.1) is 0 Å². The van der Waals surface area contributed by atoms with Crippen molar-refractivity contribution in [2.24, 2.45) is 0 Å². The van der Waals surface area contributed by atoms with E-state index >= 15 is 0 Å². The molecule has 0 fully saturated rings. The quantitative estimate of drug-likeness (QED) is 0.0447. The number of ether oxygens (including phenoxy) is 2. The Morgan fingerprint density at radius 2 is 1.42 bits per heavy atom. The van der Waals surface area contributed by atoms with E-state index in [4.69, 9.17) is 14.6 Å². The zero-order valence-electron chi connectivity index (χ0n) is 27.0. The van der Waals surface area contributed by atoms with E-state index in [0.717, 1.165) is 32.1 Å². The normalized spacial score (nSPS) is 13.0. The predicted molar refractivity (Wildman–Crippen MR) is 177 cm³/mol. The van der Waals surface area contributed by atoms with Crippen LogP contribution in [0.3, 0.4) is 0 Å². The number of carboxylic acid groups (broad SMARTS) is 1. The van der Waals surface area contributed by atoms with Crippen LogP contribution in [0.4, 0.5) is 0 Å². The van der Waals surface area contributed by atoms with Gasteiger partial charge in [0.25, 0.3) is 5.91 Å². The van der Waals surface area contributed by atoms with Crippen LogP contribution in [0.1, 0.15) is 84.1 Å². The van der Waals surface area contributed by atoms with Crippen LogP contribution in [-0.4, -0.2) is 58.0 Å². The number of esters is 1. The molecule has 4 N–H and O–H groups in total. The smallest absolute Gasteiger partial charge is 0.306 e. The van der Waals surface area contributed by atoms with Gasteiger partial charge in [-0.25, -0.2) is 0 Å². The van der Waals surface area contributed by atoms with Gasteiger partial charge in [-0.3, -0.25) is 14.4 Å². The van der Waals surface area contributed by atoms with Gasteiger partial charge in [-0.2, -0.15) is 0 Å². The lowest BCUT2D eigenvalue weighted by molar-refractivity contribution is -0.177. The van der Waals surface area contributed by atoms with E-state index in [1.54, 1.807) is 19.9 Å². The summed E-state index contributed by atoms with van der Waals surface area (Å²) < 4.78 is 11.5. The van der Waals surface area contributed by atoms with Crippen LogP contribution < -0.4 is 5.32 Å². The third-order valence-electron chi connectivity index (χ3n) is 6.51. The SMILES string of the molecule is CC/C=C\C/C=C\C/C=C\C/C=C\C/C=C\CCCC(=O)OC(C)(C)[C@H](OCCc1ccc(O)c(O)c1)C(=O)NCCC(=O)O. The fourth-order valence-electron chi connectivity index (χ4n) is 4.13. The van der Waals surface area contributed by atoms with Crippen LogP contribution in [0, 0.1) is 0 Å². The first-order chi connectivity index (χ1) is 21.6. The van der Waals surface area contributed by atoms with E-state index in [1.807, 2.05) is 6.08 Å². The highest BCUT2D eigenvalue weighted by atomic mass is 16.6. The van der Waals surface area contributed by atoms with Crippen molar-refractivity contribution >= 4 is 17.8 Å². The number of benzene rings is 1. The number of carboxylic acids is 1. The van der Waals surface area contributed by atoms with Crippen LogP contribution in [0.15, 0.2) is 79.0 Å². The van der Waals surface area contributed by atoms with E-state index in [2.05, 4.69) is 66.9 Å². The Kier molecular flexibility index (Phi) is 20.1. The summed E-state index contributed by atoms with van der Waals surface area (Å²) in [6.45, 7) is 5.22. The molecule has 0 aromatic heterocycles. The Morgan fingerprint density at radius 3 is 1.98 bits per heavy atom. The number of hydrogen-bond donors (Lipinski definition) is 4. The first-order valence-electron chi connectivity index (χ1n) is 15.7. The standard InChI is InChI=1S/C36H51NO8/c1-4-5-6-7-8-9-10-11-12-13-14-15-16-17-18-19-20-21-33(42)45-36(2,3)34(35(43)37-26-24-32(40)41)44-27-25-29-22-23-30(38)31(39)28-29/h5-6,8-9,11-12,14-15,17-18,22-23,28,34,38-39H,4,7,10,13,16,19-21,24-27H2,1-3H3,(H,37,43)(H,40,41)/b6-5-,9-8-,12-11-,15-14-,18-17-/t34-/m1/s1. The van der Waals surface area contributed by atoms with Gasteiger partial charge >= 0.3 is 11.9 Å². The molecule has 0 radical (unpaired) electrons. The molecule has 0 spiro atoms. The maximum Gasteiger partial charge on any atom is 0.306 e. The maximum atomic E-state index is 12.9. The third-order valence-corrected chi connectivity index (χ3v) is 6.51. The lowest BCUT2D eigenvalue weighted by atomic mass is 10.00. The number of hydrogen-bond acceptors (Lipinski definition) is 7. The second-order valence-corrected chi connectivity index (χ2v) is 10.9. The Hall–Kier alpha value is -4.11. The van der Waals surface area contributed by atoms with E-state index in [0.29, 0.717) is 24.8 Å². The number of carbonyl (C=O) groups excluding carboxylic acids is 2. The molecule has 1 rings (SSSR count). The fourth-order valence-corrected chi connectivity index (χ4v) is 4.13. The van der Waals surface area contributed by atoms with Gasteiger partial charge in [0.15, 0.2) is 17.6 Å². The average molecular weight is 626 g/mol. The molecule has 9 heteroatoms. The van der Waals surface area contributed by atoms with E-state index in [9.17, 15) is 24.6 Å². The molecule has 1 aromatic rings. The van der Waals surface area contributed by atoms with Crippen LogP contribution >= 0.6 is 0 Å². The number of aromatic hydroxyl groups is 2. The largest absolute Gasteiger partial charge is 0.504 e. The Balaban J connectivity index is 2.47. The van der Waals surface area contributed by atoms with Crippen molar-refractivity contribution in [3.63, 3.8) is 0 Å². The molecular formula is C36H51NO8. The summed E-state index contributed by atoms with van der Waals surface area (Å²) in [7, 11) is 0. The van der Waals surface area contributed by atoms with Gasteiger partial charge in [0.2, 0.25) is 0 Å². The number of allylic oxidation sites excluding steroid dienone is 10. The van der Waals surface area contributed by atoms with Crippen molar-refractivity contribution < 1.29 is 39.2 Å². The van der Waals surface area contributed by atoms with Gasteiger partial charge in [-0.1, -0.05) is 73.8 Å². The van der Waals surface area contributed by atoms with Crippen molar-refractivity contribution in [1.29, 1.82) is 0 Å². The summed E-state index contributed by atoms with van der Waals surface area (Å²) >= 11 is 0. The summed E-state index contributed by atoms with van der Waals surface area (Å²) in [5.41, 5.74) is -0.668. The number of rotatable bonds is 23. The molecule has 1 atom stereocenters. The van der Waals surface area contributed by atoms with Crippen molar-refractivity contribution in [2.45, 2.75) is 96.7 Å². The number of amides is 1. The van der Waals surface area contributed by atoms with E-state index in [1.165, 1.54) is 12.1 Å². The lowest BCUT2D eigenvalue weighted by Crippen LogP contribution is -2.52. The summed E-state index contributed by atoms with van der Waals surface area (Å²) in [5.74, 6) is -2.64. The number of unbranched alkanes of at least 4 members (excludes halogenated alkanes) is 1. The average Bonchev–Trinajstić information content (AvgIpc) is 2.98. The van der Waals surface area contributed by atoms with Gasteiger partial charge in [-0.05, 0) is 82.9 Å². The monoisotopic (exact) mass is 625 g/mol. The number of carbonyl (C=O) groups is 3. The summed E-state index contributed by atoms with van der Waals surface area (Å²) in [4.78, 5) is 36.4. The number of phenolic OH excluding ortho intramolecular Hbond substituents is 2. The van der Waals surface area contributed by atoms with Gasteiger partial charge in [0, 0.05) is 13.0 Å². The highest BCUT2D eigenvalue weighted by Crippen LogP contribution is 2.26. The van der Waals surface area contributed by atoms with E-state index in [-0.39, 0.29) is 37.5 Å². The summed E-state index contributed by atoms with van der Waals surface area (Å²) in [6.07, 6.45) is 26.3. The maximum absolute atomic E-state index is 12.9. The zero-order valence-corrected chi connectivity index (χ0v) is 27.0. The Bertz CT molecular complexity index is 1180. The second kappa shape index (κ2) is 23.3. The minimum absolute atomic E-state index is 0.0479. The molecule has 1 amide bonds. The molecule has 0 saturated carbocycles. The molecule has 0 aliphatic heterocycles. The van der Waals surface area contributed by atoms with Crippen LogP contribution in [0.2, 0.25) is 0 Å². The highest BCUT2D eigenvalue weighted by Gasteiger charge is 2.39. The van der Waals surface area contributed by atoms with Crippen LogP contribution in [0.5, 0.6) is 11.5 Å². The molecular weight excluding hydrogens is 574 g/mol. The first kappa shape index (κ1) is 38.9. The molecule has 0 aliphatic rings. The molecule has 0 bridgehead atoms. The molecule has 0 saturated heterocycles. The van der Waals surface area contributed by atoms with Crippen LogP contribution in [0.25, 0.3) is 0 Å². The molecule has 248 valence electrons. The number of phenols is 2. The first-order valence-corrected chi connectivity index (χ1v) is 15.7. The molecule has 0 unspecified atom stereocenters. The van der Waals surface area contributed by atoms with Crippen molar-refractivity contribution in [2.75, 3.05) is 13.2 Å². The van der Waals surface area contributed by atoms with Gasteiger partial charge in [0.05, 0.1) is 13.0 Å². The number of aliphatic carboxylic acids is 1. The molecule has 0 heterocycles. The van der Waals surface area contributed by atoms with Crippen molar-refractivity contribution in [3.05, 3.63) is 84.5 Å². The topological polar surface area (TPSA) is 142 Å². The van der Waals surface area contributed by atoms with E-state index < -0.39 is 29.6 Å². The van der Waals surface area contributed by atoms with Gasteiger partial charge < -0.3 is 30.1 Å². The van der Waals surface area contributed by atoms with Crippen LogP contribution in [-0.2, 0) is 30.3 Å². The second-order valence-electron chi connectivity index (χ2n) is 10.9. The van der Waals surface area contributed by atoms with Crippen molar-refractivity contribution in [1.82, 2.24) is 5.32 Å². The summed E-state index contributed by atoms with van der Waals surface area (Å²) in [5, 5.41) is 30.6. The third kappa shape index (κ3) is 19.0.